The molecule has 10 heteroatoms. The number of nitro benzene ring substituents is 1. The smallest absolute Gasteiger partial charge is 0.281 e. The minimum absolute atomic E-state index is 0.0581. The van der Waals surface area contributed by atoms with Crippen LogP contribution in [0.25, 0.3) is 11.3 Å². The number of nitrogens with one attached hydrogen (secondary N) is 2. The van der Waals surface area contributed by atoms with Crippen LogP contribution in [0.15, 0.2) is 68.6 Å². The number of benzene rings is 2. The molecule has 2 N–H and O–H groups in total. The monoisotopic (exact) mass is 460 g/mol. The van der Waals surface area contributed by atoms with E-state index in [1.807, 2.05) is 0 Å². The van der Waals surface area contributed by atoms with E-state index in [9.17, 15) is 19.3 Å². The summed E-state index contributed by atoms with van der Waals surface area (Å²) in [4.78, 5) is 22.5. The Morgan fingerprint density at radius 1 is 1.21 bits per heavy atom. The number of anilines is 1. The van der Waals surface area contributed by atoms with Crippen molar-refractivity contribution in [1.82, 2.24) is 5.43 Å². The summed E-state index contributed by atoms with van der Waals surface area (Å²) in [6.07, 6.45) is 1.28. The number of nitro groups is 1. The average molecular weight is 461 g/mol. The Hall–Kier alpha value is -3.53. The largest absolute Gasteiger partial charge is 0.455 e. The Bertz CT molecular complexity index is 1070. The average Bonchev–Trinajstić information content (AvgIpc) is 3.16. The van der Waals surface area contributed by atoms with Gasteiger partial charge in [0.05, 0.1) is 23.2 Å². The number of amides is 1. The summed E-state index contributed by atoms with van der Waals surface area (Å²) in [6, 6.07) is 13.4. The fourth-order valence-electron chi connectivity index (χ4n) is 2.39. The van der Waals surface area contributed by atoms with E-state index < -0.39 is 10.8 Å². The highest BCUT2D eigenvalue weighted by Gasteiger charge is 2.18. The predicted molar refractivity (Wildman–Crippen MR) is 109 cm³/mol. The van der Waals surface area contributed by atoms with Gasteiger partial charge in [0, 0.05) is 16.2 Å². The summed E-state index contributed by atoms with van der Waals surface area (Å²) in [6.45, 7) is -0.0581. The summed E-state index contributed by atoms with van der Waals surface area (Å²) in [7, 11) is 0. The number of carbonyl (C=O) groups is 1. The van der Waals surface area contributed by atoms with Crippen molar-refractivity contribution in [2.45, 2.75) is 0 Å². The molecule has 3 rings (SSSR count). The van der Waals surface area contributed by atoms with E-state index in [0.717, 1.165) is 0 Å². The number of carbonyl (C=O) groups excluding carboxylic acids is 1. The minimum Gasteiger partial charge on any atom is -0.455 e. The molecule has 1 amide bonds. The van der Waals surface area contributed by atoms with Crippen molar-refractivity contribution in [3.05, 3.63) is 80.8 Å². The SMILES string of the molecule is O=C(CNc1ccc(F)cc1)N/N=C\c1ccc(-c2ccc(Br)cc2[N+](=O)[O-])o1. The Morgan fingerprint density at radius 2 is 1.97 bits per heavy atom. The van der Waals surface area contributed by atoms with E-state index in [0.29, 0.717) is 27.2 Å². The van der Waals surface area contributed by atoms with Gasteiger partial charge in [0.1, 0.15) is 17.3 Å². The molecule has 0 fully saturated rings. The van der Waals surface area contributed by atoms with E-state index in [1.54, 1.807) is 24.3 Å². The van der Waals surface area contributed by atoms with Gasteiger partial charge < -0.3 is 9.73 Å². The number of hydrogen-bond acceptors (Lipinski definition) is 6. The zero-order chi connectivity index (χ0) is 20.8. The van der Waals surface area contributed by atoms with E-state index in [-0.39, 0.29) is 18.0 Å². The second-order valence-corrected chi connectivity index (χ2v) is 6.69. The van der Waals surface area contributed by atoms with Gasteiger partial charge >= 0.3 is 0 Å². The first-order chi connectivity index (χ1) is 13.9. The summed E-state index contributed by atoms with van der Waals surface area (Å²) in [5.41, 5.74) is 3.14. The lowest BCUT2D eigenvalue weighted by molar-refractivity contribution is -0.384. The number of hydrazone groups is 1. The van der Waals surface area contributed by atoms with Gasteiger partial charge in [-0.1, -0.05) is 15.9 Å². The van der Waals surface area contributed by atoms with Crippen LogP contribution in [-0.4, -0.2) is 23.6 Å². The Morgan fingerprint density at radius 3 is 2.69 bits per heavy atom. The van der Waals surface area contributed by atoms with Crippen LogP contribution in [0.5, 0.6) is 0 Å². The zero-order valence-electron chi connectivity index (χ0n) is 14.8. The first-order valence-corrected chi connectivity index (χ1v) is 9.07. The maximum absolute atomic E-state index is 12.8. The van der Waals surface area contributed by atoms with Crippen LogP contribution >= 0.6 is 15.9 Å². The van der Waals surface area contributed by atoms with Crippen LogP contribution in [0.1, 0.15) is 5.76 Å². The van der Waals surface area contributed by atoms with Crippen LogP contribution in [0.2, 0.25) is 0 Å². The molecule has 1 heterocycles. The van der Waals surface area contributed by atoms with Crippen molar-refractivity contribution in [2.24, 2.45) is 5.10 Å². The van der Waals surface area contributed by atoms with Crippen LogP contribution in [0.4, 0.5) is 15.8 Å². The molecule has 0 aliphatic carbocycles. The number of nitrogens with zero attached hydrogens (tertiary/aromatic N) is 2. The van der Waals surface area contributed by atoms with Gasteiger partial charge in [-0.25, -0.2) is 9.82 Å². The number of hydrogen-bond donors (Lipinski definition) is 2. The van der Waals surface area contributed by atoms with Gasteiger partial charge in [-0.2, -0.15) is 5.10 Å². The standard InChI is InChI=1S/C19H14BrFN4O4/c20-12-1-7-16(17(9-12)25(27)28)18-8-6-15(29-18)10-23-24-19(26)11-22-14-4-2-13(21)3-5-14/h1-10,22H,11H2,(H,24,26)/b23-10-. The highest BCUT2D eigenvalue weighted by molar-refractivity contribution is 9.10. The van der Waals surface area contributed by atoms with Gasteiger partial charge in [-0.15, -0.1) is 0 Å². The second kappa shape index (κ2) is 9.11. The molecule has 0 atom stereocenters. The molecule has 0 saturated heterocycles. The lowest BCUT2D eigenvalue weighted by Gasteiger charge is -2.04. The molecule has 0 aliphatic heterocycles. The summed E-state index contributed by atoms with van der Waals surface area (Å²) in [5, 5.41) is 17.8. The topological polar surface area (TPSA) is 110 Å². The molecule has 0 radical (unpaired) electrons. The minimum atomic E-state index is -0.495. The van der Waals surface area contributed by atoms with Gasteiger partial charge in [-0.05, 0) is 48.5 Å². The molecule has 148 valence electrons. The first kappa shape index (κ1) is 20.2. The van der Waals surface area contributed by atoms with Crippen LogP contribution in [0.3, 0.4) is 0 Å². The molecular formula is C19H14BrFN4O4. The highest BCUT2D eigenvalue weighted by atomic mass is 79.9. The maximum Gasteiger partial charge on any atom is 0.281 e. The summed E-state index contributed by atoms with van der Waals surface area (Å²) < 4.78 is 19.0. The van der Waals surface area contributed by atoms with Crippen molar-refractivity contribution in [3.8, 4) is 11.3 Å². The quantitative estimate of drug-likeness (QED) is 0.310. The molecule has 2 aromatic carbocycles. The molecule has 29 heavy (non-hydrogen) atoms. The molecule has 0 unspecified atom stereocenters. The summed E-state index contributed by atoms with van der Waals surface area (Å²) in [5.74, 6) is -0.171. The van der Waals surface area contributed by atoms with Crippen LogP contribution in [0, 0.1) is 15.9 Å². The molecule has 8 nitrogen and oxygen atoms in total. The Labute approximate surface area is 172 Å². The Balaban J connectivity index is 1.59. The van der Waals surface area contributed by atoms with E-state index in [2.05, 4.69) is 31.8 Å². The van der Waals surface area contributed by atoms with E-state index in [4.69, 9.17) is 4.42 Å². The normalized spacial score (nSPS) is 10.8. The first-order valence-electron chi connectivity index (χ1n) is 8.28. The molecular weight excluding hydrogens is 447 g/mol. The molecule has 0 aliphatic rings. The number of rotatable bonds is 7. The van der Waals surface area contributed by atoms with E-state index >= 15 is 0 Å². The van der Waals surface area contributed by atoms with Crippen molar-refractivity contribution in [1.29, 1.82) is 0 Å². The Kier molecular flexibility index (Phi) is 6.35. The van der Waals surface area contributed by atoms with E-state index in [1.165, 1.54) is 36.5 Å². The third-order valence-electron chi connectivity index (χ3n) is 3.73. The fraction of sp³-hybridized carbons (Fsp3) is 0.0526. The molecule has 0 spiro atoms. The molecule has 0 bridgehead atoms. The lowest BCUT2D eigenvalue weighted by atomic mass is 10.1. The molecule has 0 saturated carbocycles. The van der Waals surface area contributed by atoms with Crippen LogP contribution in [-0.2, 0) is 4.79 Å². The second-order valence-electron chi connectivity index (χ2n) is 5.77. The van der Waals surface area contributed by atoms with Crippen molar-refractivity contribution in [3.63, 3.8) is 0 Å². The van der Waals surface area contributed by atoms with Crippen molar-refractivity contribution < 1.29 is 18.5 Å². The van der Waals surface area contributed by atoms with Crippen molar-refractivity contribution in [2.75, 3.05) is 11.9 Å². The van der Waals surface area contributed by atoms with Crippen LogP contribution < -0.4 is 10.7 Å². The number of halogens is 2. The van der Waals surface area contributed by atoms with Gasteiger partial charge in [0.25, 0.3) is 11.6 Å². The molecule has 3 aromatic rings. The number of furan rings is 1. The van der Waals surface area contributed by atoms with Crippen molar-refractivity contribution >= 4 is 39.4 Å². The van der Waals surface area contributed by atoms with Gasteiger partial charge in [-0.3, -0.25) is 14.9 Å². The third-order valence-corrected chi connectivity index (χ3v) is 4.22. The highest BCUT2D eigenvalue weighted by Crippen LogP contribution is 2.33. The zero-order valence-corrected chi connectivity index (χ0v) is 16.3. The molecule has 1 aromatic heterocycles. The maximum atomic E-state index is 12.8. The predicted octanol–water partition coefficient (Wildman–Crippen LogP) is 4.32. The van der Waals surface area contributed by atoms with Gasteiger partial charge in [0.15, 0.2) is 0 Å². The lowest BCUT2D eigenvalue weighted by Crippen LogP contribution is -2.25. The van der Waals surface area contributed by atoms with Gasteiger partial charge in [0.2, 0.25) is 0 Å². The summed E-state index contributed by atoms with van der Waals surface area (Å²) >= 11 is 3.20. The fourth-order valence-corrected chi connectivity index (χ4v) is 2.74. The third kappa shape index (κ3) is 5.48.